The van der Waals surface area contributed by atoms with Crippen molar-refractivity contribution in [3.63, 3.8) is 0 Å². The number of anilines is 1. The van der Waals surface area contributed by atoms with Crippen molar-refractivity contribution >= 4 is 5.69 Å². The first-order chi connectivity index (χ1) is 13.1. The van der Waals surface area contributed by atoms with Gasteiger partial charge in [0.25, 0.3) is 0 Å². The van der Waals surface area contributed by atoms with Crippen LogP contribution in [0.4, 0.5) is 10.1 Å². The van der Waals surface area contributed by atoms with Gasteiger partial charge in [0, 0.05) is 30.9 Å². The lowest BCUT2D eigenvalue weighted by atomic mass is 9.78. The van der Waals surface area contributed by atoms with E-state index >= 15 is 0 Å². The minimum atomic E-state index is -0.518. The first-order valence-corrected chi connectivity index (χ1v) is 9.41. The third-order valence-corrected chi connectivity index (χ3v) is 5.99. The second-order valence-electron chi connectivity index (χ2n) is 7.61. The van der Waals surface area contributed by atoms with Gasteiger partial charge in [0.1, 0.15) is 11.9 Å². The van der Waals surface area contributed by atoms with E-state index in [1.807, 2.05) is 24.3 Å². The molecule has 0 atom stereocenters. The summed E-state index contributed by atoms with van der Waals surface area (Å²) in [7, 11) is 0. The van der Waals surface area contributed by atoms with Crippen molar-refractivity contribution < 1.29 is 14.2 Å². The summed E-state index contributed by atoms with van der Waals surface area (Å²) in [4.78, 5) is 2.34. The lowest BCUT2D eigenvalue weighted by Gasteiger charge is -2.40. The van der Waals surface area contributed by atoms with Crippen LogP contribution in [0, 0.1) is 22.6 Å². The molecule has 4 nitrogen and oxygen atoms in total. The summed E-state index contributed by atoms with van der Waals surface area (Å²) in [6.45, 7) is 3.53. The highest BCUT2D eigenvalue weighted by Gasteiger charge is 2.38. The summed E-state index contributed by atoms with van der Waals surface area (Å²) in [5.41, 5.74) is 3.81. The highest BCUT2D eigenvalue weighted by atomic mass is 19.1. The molecule has 0 radical (unpaired) electrons. The Morgan fingerprint density at radius 2 is 1.96 bits per heavy atom. The number of halogens is 1. The summed E-state index contributed by atoms with van der Waals surface area (Å²) < 4.78 is 19.8. The fourth-order valence-corrected chi connectivity index (χ4v) is 4.23. The second kappa shape index (κ2) is 7.30. The van der Waals surface area contributed by atoms with Crippen LogP contribution in [0.5, 0.6) is 0 Å². The number of rotatable bonds is 3. The largest absolute Gasteiger partial charge is 0.392 e. The number of benzene rings is 2. The van der Waals surface area contributed by atoms with Crippen LogP contribution in [0.25, 0.3) is 11.1 Å². The van der Waals surface area contributed by atoms with Crippen LogP contribution < -0.4 is 4.90 Å². The molecule has 0 bridgehead atoms. The Bertz CT molecular complexity index is 874. The van der Waals surface area contributed by atoms with E-state index in [-0.39, 0.29) is 12.2 Å². The number of nitriles is 1. The topological polar surface area (TPSA) is 56.5 Å². The van der Waals surface area contributed by atoms with Crippen molar-refractivity contribution in [1.82, 2.24) is 0 Å². The third-order valence-electron chi connectivity index (χ3n) is 5.99. The van der Waals surface area contributed by atoms with Crippen molar-refractivity contribution in [1.29, 1.82) is 5.26 Å². The van der Waals surface area contributed by atoms with Gasteiger partial charge in [-0.2, -0.15) is 5.26 Å². The first kappa shape index (κ1) is 18.0. The average molecular weight is 366 g/mol. The van der Waals surface area contributed by atoms with Crippen molar-refractivity contribution in [3.05, 3.63) is 53.3 Å². The molecule has 5 heteroatoms. The molecule has 0 amide bonds. The molecule has 0 saturated carbocycles. The van der Waals surface area contributed by atoms with Crippen LogP contribution in [-0.4, -0.2) is 31.4 Å². The summed E-state index contributed by atoms with van der Waals surface area (Å²) in [6, 6.07) is 12.4. The Labute approximate surface area is 158 Å². The predicted octanol–water partition coefficient (Wildman–Crippen LogP) is 3.86. The van der Waals surface area contributed by atoms with Gasteiger partial charge in [-0.25, -0.2) is 4.39 Å². The molecule has 27 heavy (non-hydrogen) atoms. The van der Waals surface area contributed by atoms with Crippen molar-refractivity contribution in [3.8, 4) is 17.2 Å². The van der Waals surface area contributed by atoms with Crippen molar-refractivity contribution in [2.75, 3.05) is 31.2 Å². The van der Waals surface area contributed by atoms with Crippen LogP contribution in [0.1, 0.15) is 30.4 Å². The maximum absolute atomic E-state index is 14.2. The Balaban J connectivity index is 1.67. The third kappa shape index (κ3) is 3.43. The van der Waals surface area contributed by atoms with E-state index in [0.29, 0.717) is 5.41 Å². The Hall–Kier alpha value is -2.42. The van der Waals surface area contributed by atoms with Crippen LogP contribution in [0.15, 0.2) is 36.4 Å². The zero-order valence-electron chi connectivity index (χ0n) is 15.2. The second-order valence-corrected chi connectivity index (χ2v) is 7.61. The maximum atomic E-state index is 14.2. The van der Waals surface area contributed by atoms with Crippen LogP contribution in [-0.2, 0) is 11.3 Å². The molecule has 0 aliphatic carbocycles. The van der Waals surface area contributed by atoms with Gasteiger partial charge in [0.15, 0.2) is 0 Å². The number of aliphatic hydroxyl groups excluding tert-OH is 1. The zero-order chi connectivity index (χ0) is 18.9. The molecule has 140 valence electrons. The quantitative estimate of drug-likeness (QED) is 0.896. The van der Waals surface area contributed by atoms with Gasteiger partial charge in [0.2, 0.25) is 0 Å². The van der Waals surface area contributed by atoms with E-state index in [4.69, 9.17) is 10.00 Å². The average Bonchev–Trinajstić information content (AvgIpc) is 3.16. The number of hydrogen-bond acceptors (Lipinski definition) is 4. The normalized spacial score (nSPS) is 18.6. The van der Waals surface area contributed by atoms with Gasteiger partial charge < -0.3 is 14.7 Å². The van der Waals surface area contributed by atoms with E-state index in [2.05, 4.69) is 4.90 Å². The molecule has 2 aliphatic rings. The molecule has 2 fully saturated rings. The lowest BCUT2D eigenvalue weighted by Crippen LogP contribution is -2.40. The Morgan fingerprint density at radius 1 is 1.15 bits per heavy atom. The summed E-state index contributed by atoms with van der Waals surface area (Å²) in [6.07, 6.45) is 3.32. The van der Waals surface area contributed by atoms with Gasteiger partial charge >= 0.3 is 0 Å². The molecule has 2 heterocycles. The van der Waals surface area contributed by atoms with Crippen molar-refractivity contribution in [2.45, 2.75) is 25.9 Å². The molecule has 1 spiro atoms. The molecule has 2 aliphatic heterocycles. The van der Waals surface area contributed by atoms with Gasteiger partial charge in [-0.15, -0.1) is 0 Å². The summed E-state index contributed by atoms with van der Waals surface area (Å²) in [5, 5.41) is 18.5. The van der Waals surface area contributed by atoms with E-state index < -0.39 is 5.82 Å². The number of hydrogen-bond donors (Lipinski definition) is 1. The maximum Gasteiger partial charge on any atom is 0.141 e. The number of nitrogens with zero attached hydrogens (tertiary/aromatic N) is 2. The molecule has 4 rings (SSSR count). The van der Waals surface area contributed by atoms with Crippen LogP contribution in [0.3, 0.4) is 0 Å². The minimum Gasteiger partial charge on any atom is -0.392 e. The highest BCUT2D eigenvalue weighted by Crippen LogP contribution is 2.42. The van der Waals surface area contributed by atoms with E-state index in [0.717, 1.165) is 67.9 Å². The molecule has 2 saturated heterocycles. The van der Waals surface area contributed by atoms with E-state index in [9.17, 15) is 9.50 Å². The number of piperidine rings is 1. The monoisotopic (exact) mass is 366 g/mol. The smallest absolute Gasteiger partial charge is 0.141 e. The fourth-order valence-electron chi connectivity index (χ4n) is 4.23. The minimum absolute atomic E-state index is 0.0414. The fraction of sp³-hybridized carbons (Fsp3) is 0.409. The molecule has 2 aromatic carbocycles. The molecular formula is C22H23FN2O2. The zero-order valence-corrected chi connectivity index (χ0v) is 15.2. The Kier molecular flexibility index (Phi) is 4.86. The van der Waals surface area contributed by atoms with Gasteiger partial charge in [-0.1, -0.05) is 12.1 Å². The van der Waals surface area contributed by atoms with Crippen LogP contribution >= 0.6 is 0 Å². The van der Waals surface area contributed by atoms with Gasteiger partial charge in [0.05, 0.1) is 18.8 Å². The Morgan fingerprint density at radius 3 is 2.59 bits per heavy atom. The standard InChI is InChI=1S/C22H23FN2O2/c23-20-12-17(2-3-18(20)13-24)19-11-16(14-26)1-4-21(19)25-8-5-22(6-9-25)7-10-27-15-22/h1-4,11-12,26H,5-10,14-15H2. The number of aliphatic hydroxyl groups is 1. The predicted molar refractivity (Wildman–Crippen MR) is 102 cm³/mol. The number of ether oxygens (including phenoxy) is 1. The van der Waals surface area contributed by atoms with Gasteiger partial charge in [-0.3, -0.25) is 0 Å². The molecule has 1 N–H and O–H groups in total. The summed E-state index contributed by atoms with van der Waals surface area (Å²) in [5.74, 6) is -0.518. The van der Waals surface area contributed by atoms with Crippen LogP contribution in [0.2, 0.25) is 0 Å². The van der Waals surface area contributed by atoms with E-state index in [1.54, 1.807) is 6.07 Å². The highest BCUT2D eigenvalue weighted by molar-refractivity contribution is 5.80. The van der Waals surface area contributed by atoms with E-state index in [1.165, 1.54) is 12.1 Å². The van der Waals surface area contributed by atoms with Gasteiger partial charge in [-0.05, 0) is 60.1 Å². The lowest BCUT2D eigenvalue weighted by molar-refractivity contribution is 0.134. The molecule has 2 aromatic rings. The summed E-state index contributed by atoms with van der Waals surface area (Å²) >= 11 is 0. The SMILES string of the molecule is N#Cc1ccc(-c2cc(CO)ccc2N2CCC3(CCOC3)CC2)cc1F. The first-order valence-electron chi connectivity index (χ1n) is 9.41. The molecule has 0 unspecified atom stereocenters. The molecule has 0 aromatic heterocycles. The van der Waals surface area contributed by atoms with Crippen molar-refractivity contribution in [2.24, 2.45) is 5.41 Å². The molecular weight excluding hydrogens is 343 g/mol.